The molecule has 35 heavy (non-hydrogen) atoms. The van der Waals surface area contributed by atoms with Crippen molar-refractivity contribution >= 4 is 62.2 Å². The average molecular weight is 561 g/mol. The molecule has 4 rings (SSSR count). The number of hydrogen-bond donors (Lipinski definition) is 2. The first-order valence-electron chi connectivity index (χ1n) is 11.2. The molecule has 2 aliphatic heterocycles. The topological polar surface area (TPSA) is 99.1 Å². The lowest BCUT2D eigenvalue weighted by Crippen LogP contribution is -2.69. The normalized spacial score (nSPS) is 20.9. The van der Waals surface area contributed by atoms with Crippen LogP contribution in [0, 0.1) is 0 Å². The molecule has 0 bridgehead atoms. The maximum absolute atomic E-state index is 13.5. The molecule has 0 saturated carbocycles. The molecular weight excluding hydrogens is 535 g/mol. The number of quaternary nitrogens is 1. The van der Waals surface area contributed by atoms with Crippen LogP contribution in [0.25, 0.3) is 0 Å². The quantitative estimate of drug-likeness (QED) is 0.373. The molecule has 2 aliphatic rings. The fourth-order valence-corrected chi connectivity index (χ4v) is 6.04. The second-order valence-electron chi connectivity index (χ2n) is 8.86. The Morgan fingerprint density at radius 2 is 1.71 bits per heavy atom. The summed E-state index contributed by atoms with van der Waals surface area (Å²) in [4.78, 5) is 13.5. The van der Waals surface area contributed by atoms with Crippen LogP contribution in [-0.4, -0.2) is 47.6 Å². The molecule has 12 heteroatoms. The van der Waals surface area contributed by atoms with E-state index in [0.29, 0.717) is 33.8 Å². The Kier molecular flexibility index (Phi) is 7.66. The summed E-state index contributed by atoms with van der Waals surface area (Å²) in [5, 5.41) is 6.50. The molecule has 2 atom stereocenters. The number of hydrogen-bond acceptors (Lipinski definition) is 5. The number of hydrazone groups is 1. The van der Waals surface area contributed by atoms with Crippen molar-refractivity contribution in [3.05, 3.63) is 63.1 Å². The fraction of sp³-hybridized carbons (Fsp3) is 0.391. The zero-order chi connectivity index (χ0) is 25.4. The molecular formula is C23H26Cl3N4O4S+. The van der Waals surface area contributed by atoms with Gasteiger partial charge in [0.15, 0.2) is 0 Å². The third kappa shape index (κ3) is 5.60. The molecule has 1 unspecified atom stereocenters. The molecule has 2 N–H and O–H groups in total. The van der Waals surface area contributed by atoms with Crippen LogP contribution < -0.4 is 10.4 Å². The van der Waals surface area contributed by atoms with E-state index >= 15 is 0 Å². The van der Waals surface area contributed by atoms with Crippen LogP contribution >= 0.6 is 34.8 Å². The van der Waals surface area contributed by atoms with Crippen molar-refractivity contribution in [2.75, 3.05) is 18.1 Å². The molecule has 2 heterocycles. The Bertz CT molecular complexity index is 1250. The number of halogens is 3. The molecule has 0 aromatic heterocycles. The van der Waals surface area contributed by atoms with Crippen LogP contribution in [0.3, 0.4) is 0 Å². The third-order valence-electron chi connectivity index (χ3n) is 6.65. The van der Waals surface area contributed by atoms with Gasteiger partial charge in [0, 0.05) is 23.4 Å². The number of amides is 1. The van der Waals surface area contributed by atoms with Gasteiger partial charge < -0.3 is 0 Å². The number of nitrogens with zero attached hydrogens (tertiary/aromatic N) is 3. The number of piperidine rings is 1. The minimum Gasteiger partial charge on any atom is -0.281 e. The van der Waals surface area contributed by atoms with Gasteiger partial charge in [-0.15, -0.1) is 0 Å². The first-order valence-corrected chi connectivity index (χ1v) is 13.9. The van der Waals surface area contributed by atoms with E-state index < -0.39 is 21.4 Å². The Morgan fingerprint density at radius 3 is 2.31 bits per heavy atom. The van der Waals surface area contributed by atoms with Crippen LogP contribution in [0.5, 0.6) is 0 Å². The number of carbonyl (C=O) groups excluding carboxylic acids is 1. The zero-order valence-corrected chi connectivity index (χ0v) is 22.1. The summed E-state index contributed by atoms with van der Waals surface area (Å²) in [6, 6.07) is 11.9. The number of carbonyl (C=O) groups is 1. The number of rotatable bonds is 6. The summed E-state index contributed by atoms with van der Waals surface area (Å²) >= 11 is 18.6. The first-order chi connectivity index (χ1) is 16.5. The van der Waals surface area contributed by atoms with Crippen LogP contribution in [0.4, 0.5) is 5.69 Å². The van der Waals surface area contributed by atoms with Crippen molar-refractivity contribution in [3.63, 3.8) is 0 Å². The number of anilines is 1. The number of benzene rings is 2. The minimum absolute atomic E-state index is 0.224. The molecule has 2 aromatic rings. The van der Waals surface area contributed by atoms with Crippen molar-refractivity contribution in [2.24, 2.45) is 5.10 Å². The van der Waals surface area contributed by atoms with Gasteiger partial charge in [-0.3, -0.25) is 14.4 Å². The SMILES string of the molecule is CC([N+]1(NC(=O)C2=NN(c3ccc(Cl)cc3Cl)[C@@H](c3ccc(Cl)cc3)C2)CCCCC1)S(=O)(=O)O. The van der Waals surface area contributed by atoms with Crippen molar-refractivity contribution in [1.29, 1.82) is 0 Å². The van der Waals surface area contributed by atoms with Gasteiger partial charge in [0.2, 0.25) is 5.37 Å². The molecule has 8 nitrogen and oxygen atoms in total. The zero-order valence-electron chi connectivity index (χ0n) is 19.0. The fourth-order valence-electron chi connectivity index (χ4n) is 4.65. The van der Waals surface area contributed by atoms with E-state index in [2.05, 4.69) is 10.5 Å². The van der Waals surface area contributed by atoms with E-state index in [1.54, 1.807) is 35.3 Å². The van der Waals surface area contributed by atoms with Crippen molar-refractivity contribution in [1.82, 2.24) is 5.43 Å². The summed E-state index contributed by atoms with van der Waals surface area (Å²) in [6.07, 6.45) is 2.64. The highest BCUT2D eigenvalue weighted by molar-refractivity contribution is 7.86. The van der Waals surface area contributed by atoms with E-state index in [0.717, 1.165) is 24.8 Å². The number of likely N-dealkylation sites (tertiary alicyclic amines) is 1. The molecule has 1 saturated heterocycles. The van der Waals surface area contributed by atoms with Gasteiger partial charge in [-0.05, 0) is 55.2 Å². The minimum atomic E-state index is -4.39. The van der Waals surface area contributed by atoms with Crippen LogP contribution in [0.2, 0.25) is 15.1 Å². The maximum Gasteiger partial charge on any atom is 0.321 e. The summed E-state index contributed by atoms with van der Waals surface area (Å²) in [5.41, 5.74) is 4.56. The van der Waals surface area contributed by atoms with Gasteiger partial charge in [0.05, 0.1) is 16.8 Å². The van der Waals surface area contributed by atoms with E-state index in [1.165, 1.54) is 6.92 Å². The molecule has 0 spiro atoms. The molecule has 0 aliphatic carbocycles. The summed E-state index contributed by atoms with van der Waals surface area (Å²) in [7, 11) is -4.39. The molecule has 2 aromatic carbocycles. The second kappa shape index (κ2) is 10.2. The van der Waals surface area contributed by atoms with E-state index in [9.17, 15) is 17.8 Å². The molecule has 1 amide bonds. The van der Waals surface area contributed by atoms with Crippen molar-refractivity contribution < 1.29 is 22.4 Å². The van der Waals surface area contributed by atoms with E-state index in [-0.39, 0.29) is 22.8 Å². The van der Waals surface area contributed by atoms with Crippen LogP contribution in [0.15, 0.2) is 47.6 Å². The molecule has 1 fully saturated rings. The average Bonchev–Trinajstić information content (AvgIpc) is 3.24. The van der Waals surface area contributed by atoms with Crippen LogP contribution in [0.1, 0.15) is 44.2 Å². The van der Waals surface area contributed by atoms with Gasteiger partial charge >= 0.3 is 16.0 Å². The van der Waals surface area contributed by atoms with Gasteiger partial charge in [-0.2, -0.15) is 18.9 Å². The highest BCUT2D eigenvalue weighted by atomic mass is 35.5. The summed E-state index contributed by atoms with van der Waals surface area (Å²) in [5.74, 6) is -0.492. The van der Waals surface area contributed by atoms with E-state index in [4.69, 9.17) is 34.8 Å². The monoisotopic (exact) mass is 559 g/mol. The Balaban J connectivity index is 1.68. The van der Waals surface area contributed by atoms with Crippen molar-refractivity contribution in [3.8, 4) is 0 Å². The lowest BCUT2D eigenvalue weighted by Gasteiger charge is -2.42. The van der Waals surface area contributed by atoms with E-state index in [1.807, 2.05) is 12.1 Å². The predicted molar refractivity (Wildman–Crippen MR) is 138 cm³/mol. The third-order valence-corrected chi connectivity index (χ3v) is 8.70. The van der Waals surface area contributed by atoms with Gasteiger partial charge in [-0.25, -0.2) is 4.59 Å². The van der Waals surface area contributed by atoms with Gasteiger partial charge in [0.25, 0.3) is 0 Å². The van der Waals surface area contributed by atoms with Gasteiger partial charge in [-0.1, -0.05) is 46.9 Å². The predicted octanol–water partition coefficient (Wildman–Crippen LogP) is 5.22. The largest absolute Gasteiger partial charge is 0.321 e. The Morgan fingerprint density at radius 1 is 1.09 bits per heavy atom. The first kappa shape index (κ1) is 26.2. The summed E-state index contributed by atoms with van der Waals surface area (Å²) < 4.78 is 33.6. The maximum atomic E-state index is 13.5. The Hall–Kier alpha value is -1.88. The molecule has 188 valence electrons. The van der Waals surface area contributed by atoms with Gasteiger partial charge in [0.1, 0.15) is 18.8 Å². The summed E-state index contributed by atoms with van der Waals surface area (Å²) in [6.45, 7) is 2.20. The smallest absolute Gasteiger partial charge is 0.281 e. The standard InChI is InChI=1S/C23H25Cl3N4O4S/c1-15(35(32,33)34)30(11-3-2-4-12-30)28-23(31)20-14-22(16-5-7-17(24)8-6-16)29(27-20)21-10-9-18(25)13-19(21)26/h5-10,13,15,22H,2-4,11-12,14H2,1H3,(H-,28,31,32,33,34)/p+1/t15?,22-/m1/s1. The Labute approximate surface area is 219 Å². The number of nitrogens with one attached hydrogen (secondary N) is 1. The molecule has 0 radical (unpaired) electrons. The van der Waals surface area contributed by atoms with Crippen LogP contribution in [-0.2, 0) is 14.9 Å². The van der Waals surface area contributed by atoms with Crippen molar-refractivity contribution in [2.45, 2.75) is 44.0 Å². The second-order valence-corrected chi connectivity index (χ2v) is 11.8. The highest BCUT2D eigenvalue weighted by Crippen LogP contribution is 2.40. The lowest BCUT2D eigenvalue weighted by atomic mass is 10.0. The highest BCUT2D eigenvalue weighted by Gasteiger charge is 2.46. The lowest BCUT2D eigenvalue weighted by molar-refractivity contribution is -0.973.